The van der Waals surface area contributed by atoms with E-state index in [2.05, 4.69) is 5.10 Å². The lowest BCUT2D eigenvalue weighted by molar-refractivity contribution is 0.0694. The summed E-state index contributed by atoms with van der Waals surface area (Å²) < 4.78 is 14.7. The lowest BCUT2D eigenvalue weighted by atomic mass is 10.2. The van der Waals surface area contributed by atoms with Gasteiger partial charge in [0, 0.05) is 20.1 Å². The van der Waals surface area contributed by atoms with Crippen molar-refractivity contribution in [1.82, 2.24) is 14.7 Å². The molecule has 0 bridgehead atoms. The standard InChI is InChI=1S/C14H16FN3O2/c1-17(8-10-4-3-5-11(15)6-10)9-13-12(14(19)20)7-16-18(13)2/h3-7H,8-9H2,1-2H3,(H,19,20). The predicted octanol–water partition coefficient (Wildman–Crippen LogP) is 1.89. The number of carbonyl (C=O) groups is 1. The zero-order valence-electron chi connectivity index (χ0n) is 11.4. The normalized spacial score (nSPS) is 11.0. The number of nitrogens with zero attached hydrogens (tertiary/aromatic N) is 3. The molecule has 0 atom stereocenters. The molecule has 20 heavy (non-hydrogen) atoms. The van der Waals surface area contributed by atoms with Crippen molar-refractivity contribution in [2.75, 3.05) is 7.05 Å². The van der Waals surface area contributed by atoms with Gasteiger partial charge in [-0.1, -0.05) is 12.1 Å². The third-order valence-corrected chi connectivity index (χ3v) is 3.05. The maximum Gasteiger partial charge on any atom is 0.339 e. The first-order valence-corrected chi connectivity index (χ1v) is 6.14. The summed E-state index contributed by atoms with van der Waals surface area (Å²) in [5, 5.41) is 13.1. The van der Waals surface area contributed by atoms with Gasteiger partial charge in [-0.3, -0.25) is 9.58 Å². The molecule has 0 amide bonds. The highest BCUT2D eigenvalue weighted by molar-refractivity contribution is 5.88. The van der Waals surface area contributed by atoms with Crippen LogP contribution < -0.4 is 0 Å². The largest absolute Gasteiger partial charge is 0.478 e. The molecular formula is C14H16FN3O2. The molecule has 0 saturated carbocycles. The van der Waals surface area contributed by atoms with Crippen LogP contribution in [-0.2, 0) is 20.1 Å². The van der Waals surface area contributed by atoms with Crippen molar-refractivity contribution in [3.63, 3.8) is 0 Å². The van der Waals surface area contributed by atoms with Gasteiger partial charge in [0.15, 0.2) is 0 Å². The number of hydrogen-bond acceptors (Lipinski definition) is 3. The van der Waals surface area contributed by atoms with E-state index in [1.165, 1.54) is 18.3 Å². The van der Waals surface area contributed by atoms with Crippen LogP contribution in [0, 0.1) is 5.82 Å². The van der Waals surface area contributed by atoms with E-state index in [4.69, 9.17) is 5.11 Å². The molecule has 1 N–H and O–H groups in total. The van der Waals surface area contributed by atoms with Crippen LogP contribution in [-0.4, -0.2) is 32.8 Å². The molecule has 2 rings (SSSR count). The van der Waals surface area contributed by atoms with E-state index in [-0.39, 0.29) is 11.4 Å². The third-order valence-electron chi connectivity index (χ3n) is 3.05. The second-order valence-electron chi connectivity index (χ2n) is 4.74. The van der Waals surface area contributed by atoms with Crippen molar-refractivity contribution in [3.8, 4) is 0 Å². The third kappa shape index (κ3) is 3.21. The molecule has 0 aliphatic rings. The average Bonchev–Trinajstić information content (AvgIpc) is 2.71. The van der Waals surface area contributed by atoms with E-state index in [1.807, 2.05) is 18.0 Å². The second kappa shape index (κ2) is 5.83. The number of rotatable bonds is 5. The number of aromatic nitrogens is 2. The summed E-state index contributed by atoms with van der Waals surface area (Å²) in [7, 11) is 3.56. The Kier molecular flexibility index (Phi) is 4.14. The fraction of sp³-hybridized carbons (Fsp3) is 0.286. The quantitative estimate of drug-likeness (QED) is 0.906. The molecule has 6 heteroatoms. The summed E-state index contributed by atoms with van der Waals surface area (Å²) in [5.74, 6) is -1.27. The Morgan fingerprint density at radius 3 is 2.85 bits per heavy atom. The van der Waals surface area contributed by atoms with Gasteiger partial charge in [0.05, 0.1) is 11.9 Å². The van der Waals surface area contributed by atoms with Gasteiger partial charge in [0.25, 0.3) is 0 Å². The van der Waals surface area contributed by atoms with Gasteiger partial charge in [-0.25, -0.2) is 9.18 Å². The molecule has 1 aromatic heterocycles. The number of halogens is 1. The molecule has 106 valence electrons. The summed E-state index contributed by atoms with van der Waals surface area (Å²) in [6.07, 6.45) is 1.34. The molecule has 0 spiro atoms. The molecular weight excluding hydrogens is 261 g/mol. The van der Waals surface area contributed by atoms with Crippen molar-refractivity contribution in [1.29, 1.82) is 0 Å². The van der Waals surface area contributed by atoms with Crippen LogP contribution in [0.1, 0.15) is 21.6 Å². The Morgan fingerprint density at radius 2 is 2.20 bits per heavy atom. The van der Waals surface area contributed by atoms with E-state index in [1.54, 1.807) is 17.8 Å². The Balaban J connectivity index is 2.10. The van der Waals surface area contributed by atoms with Crippen LogP contribution in [0.25, 0.3) is 0 Å². The molecule has 5 nitrogen and oxygen atoms in total. The van der Waals surface area contributed by atoms with Crippen LogP contribution in [0.4, 0.5) is 4.39 Å². The maximum atomic E-state index is 13.1. The molecule has 0 aliphatic heterocycles. The van der Waals surface area contributed by atoms with Crippen LogP contribution in [0.2, 0.25) is 0 Å². The lowest BCUT2D eigenvalue weighted by Gasteiger charge is -2.17. The SMILES string of the molecule is CN(Cc1cccc(F)c1)Cc1c(C(=O)O)cnn1C. The highest BCUT2D eigenvalue weighted by atomic mass is 19.1. The zero-order chi connectivity index (χ0) is 14.7. The summed E-state index contributed by atoms with van der Waals surface area (Å²) in [6, 6.07) is 6.36. The van der Waals surface area contributed by atoms with E-state index in [0.29, 0.717) is 18.8 Å². The minimum absolute atomic E-state index is 0.193. The minimum atomic E-state index is -0.993. The number of carboxylic acids is 1. The van der Waals surface area contributed by atoms with Crippen LogP contribution in [0.5, 0.6) is 0 Å². The molecule has 0 fully saturated rings. The van der Waals surface area contributed by atoms with E-state index < -0.39 is 5.97 Å². The highest BCUT2D eigenvalue weighted by Crippen LogP contribution is 2.13. The van der Waals surface area contributed by atoms with Gasteiger partial charge >= 0.3 is 5.97 Å². The number of hydrogen-bond donors (Lipinski definition) is 1. The first-order valence-electron chi connectivity index (χ1n) is 6.14. The summed E-state index contributed by atoms with van der Waals surface area (Å²) in [5.41, 5.74) is 1.65. The minimum Gasteiger partial charge on any atom is -0.478 e. The highest BCUT2D eigenvalue weighted by Gasteiger charge is 2.16. The van der Waals surface area contributed by atoms with Crippen LogP contribution in [0.3, 0.4) is 0 Å². The van der Waals surface area contributed by atoms with Gasteiger partial charge in [0.1, 0.15) is 11.4 Å². The molecule has 0 unspecified atom stereocenters. The molecule has 1 heterocycles. The Hall–Kier alpha value is -2.21. The van der Waals surface area contributed by atoms with Crippen LogP contribution >= 0.6 is 0 Å². The van der Waals surface area contributed by atoms with Gasteiger partial charge in [-0.2, -0.15) is 5.10 Å². The summed E-state index contributed by atoms with van der Waals surface area (Å²) >= 11 is 0. The van der Waals surface area contributed by atoms with Crippen molar-refractivity contribution in [2.24, 2.45) is 7.05 Å². The molecule has 0 saturated heterocycles. The fourth-order valence-electron chi connectivity index (χ4n) is 2.09. The van der Waals surface area contributed by atoms with E-state index >= 15 is 0 Å². The van der Waals surface area contributed by atoms with Crippen molar-refractivity contribution < 1.29 is 14.3 Å². The molecule has 1 aromatic carbocycles. The van der Waals surface area contributed by atoms with Crippen molar-refractivity contribution in [3.05, 3.63) is 53.1 Å². The van der Waals surface area contributed by atoms with E-state index in [0.717, 1.165) is 5.56 Å². The number of aryl methyl sites for hydroxylation is 1. The smallest absolute Gasteiger partial charge is 0.339 e. The molecule has 0 radical (unpaired) electrons. The predicted molar refractivity (Wildman–Crippen MR) is 71.7 cm³/mol. The van der Waals surface area contributed by atoms with E-state index in [9.17, 15) is 9.18 Å². The monoisotopic (exact) mass is 277 g/mol. The summed E-state index contributed by atoms with van der Waals surface area (Å²) in [6.45, 7) is 0.955. The number of benzene rings is 1. The van der Waals surface area contributed by atoms with Gasteiger partial charge in [0.2, 0.25) is 0 Å². The Morgan fingerprint density at radius 1 is 1.45 bits per heavy atom. The number of carboxylic acid groups (broad SMARTS) is 1. The zero-order valence-corrected chi connectivity index (χ0v) is 11.4. The lowest BCUT2D eigenvalue weighted by Crippen LogP contribution is -2.20. The Labute approximate surface area is 116 Å². The number of aromatic carboxylic acids is 1. The first-order chi connectivity index (χ1) is 9.47. The molecule has 2 aromatic rings. The summed E-state index contributed by atoms with van der Waals surface area (Å²) in [4.78, 5) is 13.0. The first kappa shape index (κ1) is 14.2. The molecule has 0 aliphatic carbocycles. The second-order valence-corrected chi connectivity index (χ2v) is 4.74. The fourth-order valence-corrected chi connectivity index (χ4v) is 2.09. The Bertz CT molecular complexity index is 625. The topological polar surface area (TPSA) is 58.4 Å². The van der Waals surface area contributed by atoms with Gasteiger partial charge in [-0.05, 0) is 24.7 Å². The van der Waals surface area contributed by atoms with Crippen LogP contribution in [0.15, 0.2) is 30.5 Å². The van der Waals surface area contributed by atoms with Gasteiger partial charge in [-0.15, -0.1) is 0 Å². The van der Waals surface area contributed by atoms with Crippen molar-refractivity contribution in [2.45, 2.75) is 13.1 Å². The maximum absolute atomic E-state index is 13.1. The van der Waals surface area contributed by atoms with Gasteiger partial charge < -0.3 is 5.11 Å². The van der Waals surface area contributed by atoms with Crippen molar-refractivity contribution >= 4 is 5.97 Å². The average molecular weight is 277 g/mol.